The SMILES string of the molecule is CCCCN(C)S(=O)(=O)C1=C(N(CCC)CCC)C(=O)c2ccccc2C1=O. The first-order chi connectivity index (χ1) is 13.3. The summed E-state index contributed by atoms with van der Waals surface area (Å²) in [7, 11) is -2.62. The van der Waals surface area contributed by atoms with E-state index in [-0.39, 0.29) is 27.5 Å². The maximum absolute atomic E-state index is 13.3. The second kappa shape index (κ2) is 9.47. The van der Waals surface area contributed by atoms with E-state index < -0.39 is 15.8 Å². The Hall–Kier alpha value is -1.99. The number of carbonyl (C=O) groups is 2. The van der Waals surface area contributed by atoms with Gasteiger partial charge in [0, 0.05) is 37.8 Å². The minimum Gasteiger partial charge on any atom is -0.367 e. The van der Waals surface area contributed by atoms with Gasteiger partial charge in [-0.1, -0.05) is 51.5 Å². The molecule has 0 saturated carbocycles. The zero-order valence-corrected chi connectivity index (χ0v) is 18.0. The molecule has 2 rings (SSSR count). The summed E-state index contributed by atoms with van der Waals surface area (Å²) in [6.45, 7) is 7.24. The molecule has 1 aromatic rings. The standard InChI is InChI=1S/C21H30N2O4S/c1-5-8-15-22(4)28(26,27)21-18(23(13-6-2)14-7-3)19(24)16-11-9-10-12-17(16)20(21)25/h9-12H,5-8,13-15H2,1-4H3. The Kier molecular flexibility index (Phi) is 7.55. The Morgan fingerprint density at radius 3 is 1.86 bits per heavy atom. The maximum atomic E-state index is 13.3. The summed E-state index contributed by atoms with van der Waals surface area (Å²) < 4.78 is 27.9. The van der Waals surface area contributed by atoms with E-state index in [1.807, 2.05) is 20.8 Å². The molecule has 0 unspecified atom stereocenters. The first kappa shape index (κ1) is 22.3. The highest BCUT2D eigenvalue weighted by Gasteiger charge is 2.42. The molecule has 0 aromatic heterocycles. The lowest BCUT2D eigenvalue weighted by Gasteiger charge is -2.32. The molecule has 154 valence electrons. The van der Waals surface area contributed by atoms with Crippen LogP contribution < -0.4 is 0 Å². The normalized spacial score (nSPS) is 14.6. The van der Waals surface area contributed by atoms with Crippen LogP contribution in [0.4, 0.5) is 0 Å². The summed E-state index contributed by atoms with van der Waals surface area (Å²) in [5, 5.41) is 0. The quantitative estimate of drug-likeness (QED) is 0.595. The van der Waals surface area contributed by atoms with Gasteiger partial charge in [0.15, 0.2) is 4.91 Å². The van der Waals surface area contributed by atoms with E-state index in [4.69, 9.17) is 0 Å². The van der Waals surface area contributed by atoms with Gasteiger partial charge in [0.1, 0.15) is 5.70 Å². The fourth-order valence-electron chi connectivity index (χ4n) is 3.40. The molecule has 0 aliphatic heterocycles. The van der Waals surface area contributed by atoms with Crippen LogP contribution in [0.3, 0.4) is 0 Å². The summed E-state index contributed by atoms with van der Waals surface area (Å²) in [6, 6.07) is 6.46. The molecule has 0 fully saturated rings. The molecule has 0 bridgehead atoms. The summed E-state index contributed by atoms with van der Waals surface area (Å²) in [5.74, 6) is -0.981. The highest BCUT2D eigenvalue weighted by atomic mass is 32.2. The van der Waals surface area contributed by atoms with Gasteiger partial charge >= 0.3 is 0 Å². The van der Waals surface area contributed by atoms with Crippen molar-refractivity contribution in [1.82, 2.24) is 9.21 Å². The monoisotopic (exact) mass is 406 g/mol. The van der Waals surface area contributed by atoms with E-state index in [1.54, 1.807) is 23.1 Å². The van der Waals surface area contributed by atoms with Crippen LogP contribution in [0.1, 0.15) is 67.2 Å². The van der Waals surface area contributed by atoms with E-state index in [0.29, 0.717) is 26.1 Å². The van der Waals surface area contributed by atoms with E-state index in [2.05, 4.69) is 0 Å². The number of hydrogen-bond acceptors (Lipinski definition) is 5. The molecule has 1 aliphatic rings. The number of carbonyl (C=O) groups excluding carboxylic acids is 2. The summed E-state index contributed by atoms with van der Waals surface area (Å²) in [6.07, 6.45) is 3.00. The minimum absolute atomic E-state index is 0.0238. The highest BCUT2D eigenvalue weighted by Crippen LogP contribution is 2.33. The van der Waals surface area contributed by atoms with E-state index >= 15 is 0 Å². The highest BCUT2D eigenvalue weighted by molar-refractivity contribution is 7.94. The number of nitrogens with zero attached hydrogens (tertiary/aromatic N) is 2. The van der Waals surface area contributed by atoms with Crippen molar-refractivity contribution in [3.8, 4) is 0 Å². The van der Waals surface area contributed by atoms with Crippen molar-refractivity contribution in [1.29, 1.82) is 0 Å². The van der Waals surface area contributed by atoms with Crippen LogP contribution in [0.2, 0.25) is 0 Å². The lowest BCUT2D eigenvalue weighted by Crippen LogP contribution is -2.41. The van der Waals surface area contributed by atoms with Crippen molar-refractivity contribution in [3.05, 3.63) is 46.0 Å². The van der Waals surface area contributed by atoms with Crippen molar-refractivity contribution in [2.45, 2.75) is 46.5 Å². The summed E-state index contributed by atoms with van der Waals surface area (Å²) in [5.41, 5.74) is 0.456. The molecule has 0 saturated heterocycles. The van der Waals surface area contributed by atoms with Gasteiger partial charge in [-0.15, -0.1) is 0 Å². The molecule has 0 amide bonds. The molecule has 28 heavy (non-hydrogen) atoms. The Morgan fingerprint density at radius 1 is 0.821 bits per heavy atom. The number of ketones is 2. The Balaban J connectivity index is 2.72. The predicted octanol–water partition coefficient (Wildman–Crippen LogP) is 3.46. The number of benzene rings is 1. The lowest BCUT2D eigenvalue weighted by molar-refractivity contribution is 0.0945. The zero-order valence-electron chi connectivity index (χ0n) is 17.2. The molecule has 1 aromatic carbocycles. The van der Waals surface area contributed by atoms with Gasteiger partial charge in [0.25, 0.3) is 0 Å². The number of fused-ring (bicyclic) bond motifs is 1. The Labute approximate surface area is 168 Å². The first-order valence-electron chi connectivity index (χ1n) is 9.95. The second-order valence-corrected chi connectivity index (χ2v) is 9.03. The van der Waals surface area contributed by atoms with Crippen molar-refractivity contribution in [3.63, 3.8) is 0 Å². The lowest BCUT2D eigenvalue weighted by atomic mass is 9.91. The van der Waals surface area contributed by atoms with Crippen LogP contribution in [0, 0.1) is 0 Å². The molecule has 0 N–H and O–H groups in total. The number of hydrogen-bond donors (Lipinski definition) is 0. The van der Waals surface area contributed by atoms with Crippen molar-refractivity contribution in [2.24, 2.45) is 0 Å². The van der Waals surface area contributed by atoms with Gasteiger partial charge in [0.05, 0.1) is 0 Å². The molecule has 6 nitrogen and oxygen atoms in total. The van der Waals surface area contributed by atoms with Gasteiger partial charge in [0.2, 0.25) is 21.6 Å². The molecule has 0 atom stereocenters. The molecule has 0 heterocycles. The second-order valence-electron chi connectivity index (χ2n) is 7.05. The van der Waals surface area contributed by atoms with Gasteiger partial charge < -0.3 is 4.90 Å². The number of unbranched alkanes of at least 4 members (excludes halogenated alkanes) is 1. The van der Waals surface area contributed by atoms with Crippen LogP contribution in [-0.4, -0.2) is 55.9 Å². The van der Waals surface area contributed by atoms with Gasteiger partial charge in [-0.3, -0.25) is 9.59 Å². The predicted molar refractivity (Wildman–Crippen MR) is 111 cm³/mol. The van der Waals surface area contributed by atoms with E-state index in [1.165, 1.54) is 17.4 Å². The Morgan fingerprint density at radius 2 is 1.36 bits per heavy atom. The van der Waals surface area contributed by atoms with E-state index in [9.17, 15) is 18.0 Å². The molecule has 0 radical (unpaired) electrons. The molecular weight excluding hydrogens is 376 g/mol. The number of sulfonamides is 1. The topological polar surface area (TPSA) is 74.8 Å². The number of Topliss-reactive ketones (excluding diaryl/α,β-unsaturated/α-hetero) is 2. The fraction of sp³-hybridized carbons (Fsp3) is 0.524. The third kappa shape index (κ3) is 4.20. The van der Waals surface area contributed by atoms with Crippen molar-refractivity contribution in [2.75, 3.05) is 26.7 Å². The van der Waals surface area contributed by atoms with Crippen LogP contribution >= 0.6 is 0 Å². The van der Waals surface area contributed by atoms with Crippen molar-refractivity contribution < 1.29 is 18.0 Å². The van der Waals surface area contributed by atoms with Crippen LogP contribution in [0.15, 0.2) is 34.9 Å². The van der Waals surface area contributed by atoms with Crippen LogP contribution in [0.5, 0.6) is 0 Å². The van der Waals surface area contributed by atoms with Gasteiger partial charge in [-0.2, -0.15) is 0 Å². The number of rotatable bonds is 10. The molecular formula is C21H30N2O4S. The fourth-order valence-corrected chi connectivity index (χ4v) is 4.89. The van der Waals surface area contributed by atoms with Gasteiger partial charge in [-0.25, -0.2) is 12.7 Å². The largest absolute Gasteiger partial charge is 0.367 e. The van der Waals surface area contributed by atoms with Crippen LogP contribution in [-0.2, 0) is 10.0 Å². The smallest absolute Gasteiger partial charge is 0.248 e. The van der Waals surface area contributed by atoms with Gasteiger partial charge in [-0.05, 0) is 19.3 Å². The maximum Gasteiger partial charge on any atom is 0.248 e. The third-order valence-corrected chi connectivity index (χ3v) is 6.75. The summed E-state index contributed by atoms with van der Waals surface area (Å²) in [4.78, 5) is 28.0. The van der Waals surface area contributed by atoms with Crippen molar-refractivity contribution >= 4 is 21.6 Å². The molecule has 7 heteroatoms. The third-order valence-electron chi connectivity index (χ3n) is 4.85. The van der Waals surface area contributed by atoms with Crippen LogP contribution in [0.25, 0.3) is 0 Å². The number of allylic oxidation sites excluding steroid dienone is 2. The van der Waals surface area contributed by atoms with E-state index in [0.717, 1.165) is 19.3 Å². The average Bonchev–Trinajstić information content (AvgIpc) is 2.68. The molecule has 0 spiro atoms. The zero-order chi connectivity index (χ0) is 20.9. The summed E-state index contributed by atoms with van der Waals surface area (Å²) >= 11 is 0. The average molecular weight is 407 g/mol. The Bertz CT molecular complexity index is 868. The minimum atomic E-state index is -4.09. The molecule has 1 aliphatic carbocycles. The first-order valence-corrected chi connectivity index (χ1v) is 11.4.